The maximum Gasteiger partial charge on any atom is 0.420 e. The summed E-state index contributed by atoms with van der Waals surface area (Å²) in [5.41, 5.74) is -2.14. The molecule has 1 rings (SSSR count). The Bertz CT molecular complexity index is 478. The summed E-state index contributed by atoms with van der Waals surface area (Å²) in [5.74, 6) is -1.05. The zero-order chi connectivity index (χ0) is 13.9. The molecule has 0 N–H and O–H groups in total. The van der Waals surface area contributed by atoms with E-state index >= 15 is 0 Å². The topological polar surface area (TPSA) is 43.4 Å². The van der Waals surface area contributed by atoms with E-state index in [0.717, 1.165) is 19.1 Å². The number of carbonyl (C=O) groups excluding carboxylic acids is 2. The second-order valence-corrected chi connectivity index (χ2v) is 3.50. The van der Waals surface area contributed by atoms with E-state index in [-0.39, 0.29) is 18.5 Å². The number of rotatable bonds is 4. The summed E-state index contributed by atoms with van der Waals surface area (Å²) in [5, 5.41) is 0. The SMILES string of the molecule is CCOc1ccc(C(C)=O)c(C=O)c1C(F)(F)F. The fourth-order valence-electron chi connectivity index (χ4n) is 1.60. The van der Waals surface area contributed by atoms with Crippen molar-refractivity contribution in [2.45, 2.75) is 20.0 Å². The van der Waals surface area contributed by atoms with E-state index in [0.29, 0.717) is 0 Å². The molecule has 0 unspecified atom stereocenters. The van der Waals surface area contributed by atoms with Gasteiger partial charge in [0.15, 0.2) is 12.1 Å². The van der Waals surface area contributed by atoms with E-state index in [1.54, 1.807) is 0 Å². The third-order valence-electron chi connectivity index (χ3n) is 2.29. The molecule has 0 atom stereocenters. The number of halogens is 3. The molecule has 0 aliphatic carbocycles. The second-order valence-electron chi connectivity index (χ2n) is 3.50. The van der Waals surface area contributed by atoms with Gasteiger partial charge < -0.3 is 4.74 Å². The lowest BCUT2D eigenvalue weighted by atomic mass is 9.98. The Hall–Kier alpha value is -1.85. The highest BCUT2D eigenvalue weighted by molar-refractivity contribution is 6.02. The number of benzene rings is 1. The van der Waals surface area contributed by atoms with E-state index < -0.39 is 28.8 Å². The Morgan fingerprint density at radius 3 is 2.39 bits per heavy atom. The van der Waals surface area contributed by atoms with E-state index in [1.165, 1.54) is 6.92 Å². The van der Waals surface area contributed by atoms with Crippen molar-refractivity contribution in [1.29, 1.82) is 0 Å². The first-order valence-electron chi connectivity index (χ1n) is 5.16. The smallest absolute Gasteiger partial charge is 0.420 e. The molecule has 0 aliphatic heterocycles. The zero-order valence-corrected chi connectivity index (χ0v) is 9.80. The summed E-state index contributed by atoms with van der Waals surface area (Å²) in [7, 11) is 0. The normalized spacial score (nSPS) is 11.2. The van der Waals surface area contributed by atoms with Crippen LogP contribution >= 0.6 is 0 Å². The molecular weight excluding hydrogens is 249 g/mol. The number of Topliss-reactive ketones (excluding diaryl/α,β-unsaturated/α-hetero) is 1. The van der Waals surface area contributed by atoms with Crippen LogP contribution in [0.4, 0.5) is 13.2 Å². The standard InChI is InChI=1S/C12H11F3O3/c1-3-18-10-5-4-8(7(2)17)9(6-16)11(10)12(13,14)15/h4-6H,3H2,1-2H3. The van der Waals surface area contributed by atoms with Gasteiger partial charge in [0.1, 0.15) is 11.3 Å². The number of ether oxygens (including phenoxy) is 1. The first-order valence-corrected chi connectivity index (χ1v) is 5.16. The summed E-state index contributed by atoms with van der Waals surface area (Å²) < 4.78 is 43.6. The van der Waals surface area contributed by atoms with E-state index in [1.807, 2.05) is 0 Å². The lowest BCUT2D eigenvalue weighted by Crippen LogP contribution is -2.15. The van der Waals surface area contributed by atoms with Crippen molar-refractivity contribution in [3.05, 3.63) is 28.8 Å². The number of ketones is 1. The molecule has 0 saturated carbocycles. The van der Waals surface area contributed by atoms with Crippen molar-refractivity contribution < 1.29 is 27.5 Å². The van der Waals surface area contributed by atoms with Gasteiger partial charge in [0, 0.05) is 11.1 Å². The van der Waals surface area contributed by atoms with Gasteiger partial charge in [-0.05, 0) is 26.0 Å². The summed E-state index contributed by atoms with van der Waals surface area (Å²) in [4.78, 5) is 22.1. The van der Waals surface area contributed by atoms with Crippen molar-refractivity contribution in [3.8, 4) is 5.75 Å². The monoisotopic (exact) mass is 260 g/mol. The number of hydrogen-bond acceptors (Lipinski definition) is 3. The van der Waals surface area contributed by atoms with Crippen LogP contribution < -0.4 is 4.74 Å². The molecule has 3 nitrogen and oxygen atoms in total. The third-order valence-corrected chi connectivity index (χ3v) is 2.29. The summed E-state index contributed by atoms with van der Waals surface area (Å²) in [6.07, 6.45) is -4.73. The van der Waals surface area contributed by atoms with Crippen molar-refractivity contribution >= 4 is 12.1 Å². The maximum absolute atomic E-state index is 12.9. The van der Waals surface area contributed by atoms with Crippen LogP contribution in [0.15, 0.2) is 12.1 Å². The third kappa shape index (κ3) is 2.69. The van der Waals surface area contributed by atoms with Gasteiger partial charge in [-0.3, -0.25) is 9.59 Å². The highest BCUT2D eigenvalue weighted by Crippen LogP contribution is 2.39. The van der Waals surface area contributed by atoms with Crippen molar-refractivity contribution in [1.82, 2.24) is 0 Å². The molecule has 1 aromatic carbocycles. The molecule has 0 aromatic heterocycles. The van der Waals surface area contributed by atoms with Crippen LogP contribution in [0.25, 0.3) is 0 Å². The van der Waals surface area contributed by atoms with Gasteiger partial charge in [0.05, 0.1) is 6.61 Å². The molecule has 18 heavy (non-hydrogen) atoms. The fraction of sp³-hybridized carbons (Fsp3) is 0.333. The predicted molar refractivity (Wildman–Crippen MR) is 58.0 cm³/mol. The van der Waals surface area contributed by atoms with E-state index in [9.17, 15) is 22.8 Å². The van der Waals surface area contributed by atoms with Crippen molar-refractivity contribution in [2.24, 2.45) is 0 Å². The quantitative estimate of drug-likeness (QED) is 0.617. The summed E-state index contributed by atoms with van der Waals surface area (Å²) in [6, 6.07) is 2.21. The Labute approximate surface area is 102 Å². The number of hydrogen-bond donors (Lipinski definition) is 0. The summed E-state index contributed by atoms with van der Waals surface area (Å²) in [6.45, 7) is 2.66. The zero-order valence-electron chi connectivity index (χ0n) is 9.80. The molecule has 0 saturated heterocycles. The number of aldehydes is 1. The minimum absolute atomic E-state index is 0.0286. The van der Waals surface area contributed by atoms with Crippen LogP contribution in [0.1, 0.15) is 40.1 Å². The fourth-order valence-corrected chi connectivity index (χ4v) is 1.60. The second kappa shape index (κ2) is 5.20. The predicted octanol–water partition coefficient (Wildman–Crippen LogP) is 3.12. The molecule has 1 aromatic rings. The van der Waals surface area contributed by atoms with Crippen LogP contribution in [0.2, 0.25) is 0 Å². The molecule has 0 heterocycles. The van der Waals surface area contributed by atoms with Crippen LogP contribution in [0.5, 0.6) is 5.75 Å². The Balaban J connectivity index is 3.61. The van der Waals surface area contributed by atoms with Gasteiger partial charge in [-0.1, -0.05) is 0 Å². The van der Waals surface area contributed by atoms with Crippen LogP contribution in [-0.4, -0.2) is 18.7 Å². The lowest BCUT2D eigenvalue weighted by Gasteiger charge is -2.16. The van der Waals surface area contributed by atoms with Gasteiger partial charge >= 0.3 is 6.18 Å². The first kappa shape index (κ1) is 14.2. The number of carbonyl (C=O) groups is 2. The highest BCUT2D eigenvalue weighted by atomic mass is 19.4. The van der Waals surface area contributed by atoms with Gasteiger partial charge in [0.25, 0.3) is 0 Å². The minimum atomic E-state index is -4.76. The van der Waals surface area contributed by atoms with Crippen LogP contribution in [0, 0.1) is 0 Å². The minimum Gasteiger partial charge on any atom is -0.493 e. The Morgan fingerprint density at radius 1 is 1.39 bits per heavy atom. The largest absolute Gasteiger partial charge is 0.493 e. The molecule has 0 spiro atoms. The van der Waals surface area contributed by atoms with Gasteiger partial charge in [-0.2, -0.15) is 13.2 Å². The lowest BCUT2D eigenvalue weighted by molar-refractivity contribution is -0.139. The molecule has 98 valence electrons. The molecule has 0 radical (unpaired) electrons. The Morgan fingerprint density at radius 2 is 2.00 bits per heavy atom. The molecule has 0 amide bonds. The molecule has 0 bridgehead atoms. The molecular formula is C12H11F3O3. The van der Waals surface area contributed by atoms with Crippen LogP contribution in [-0.2, 0) is 6.18 Å². The van der Waals surface area contributed by atoms with E-state index in [4.69, 9.17) is 4.74 Å². The Kier molecular flexibility index (Phi) is 4.11. The van der Waals surface area contributed by atoms with Gasteiger partial charge in [0.2, 0.25) is 0 Å². The molecule has 0 aliphatic rings. The van der Waals surface area contributed by atoms with Crippen LogP contribution in [0.3, 0.4) is 0 Å². The molecule has 0 fully saturated rings. The highest BCUT2D eigenvalue weighted by Gasteiger charge is 2.38. The summed E-state index contributed by atoms with van der Waals surface area (Å²) >= 11 is 0. The van der Waals surface area contributed by atoms with Crippen molar-refractivity contribution in [2.75, 3.05) is 6.61 Å². The first-order chi connectivity index (χ1) is 8.32. The van der Waals surface area contributed by atoms with E-state index in [2.05, 4.69) is 0 Å². The molecule has 6 heteroatoms. The van der Waals surface area contributed by atoms with Gasteiger partial charge in [-0.25, -0.2) is 0 Å². The number of alkyl halides is 3. The van der Waals surface area contributed by atoms with Gasteiger partial charge in [-0.15, -0.1) is 0 Å². The average Bonchev–Trinajstić information content (AvgIpc) is 2.26. The average molecular weight is 260 g/mol. The van der Waals surface area contributed by atoms with Crippen molar-refractivity contribution in [3.63, 3.8) is 0 Å². The maximum atomic E-state index is 12.9.